The van der Waals surface area contributed by atoms with Gasteiger partial charge in [0.05, 0.1) is 26.6 Å². The van der Waals surface area contributed by atoms with Crippen LogP contribution in [0.2, 0.25) is 5.02 Å². The summed E-state index contributed by atoms with van der Waals surface area (Å²) in [5.74, 6) is 0. The molecule has 3 aromatic carbocycles. The first-order chi connectivity index (χ1) is 18.1. The summed E-state index contributed by atoms with van der Waals surface area (Å²) in [6.07, 6.45) is 3.70. The number of halogens is 1. The molecule has 2 heterocycles. The van der Waals surface area contributed by atoms with Crippen molar-refractivity contribution in [1.82, 2.24) is 8.87 Å². The summed E-state index contributed by atoms with van der Waals surface area (Å²) in [5, 5.41) is 0.549. The normalized spacial score (nSPS) is 15.4. The van der Waals surface area contributed by atoms with Crippen LogP contribution in [0.1, 0.15) is 31.2 Å². The first kappa shape index (κ1) is 26.9. The maximum Gasteiger partial charge on any atom is 0.308 e. The molecule has 0 radical (unpaired) electrons. The van der Waals surface area contributed by atoms with Gasteiger partial charge in [-0.25, -0.2) is 16.8 Å². The number of rotatable bonds is 7. The van der Waals surface area contributed by atoms with E-state index in [1.165, 1.54) is 40.7 Å². The van der Waals surface area contributed by atoms with Gasteiger partial charge in [-0.1, -0.05) is 54.0 Å². The van der Waals surface area contributed by atoms with E-state index in [0.717, 1.165) is 42.6 Å². The van der Waals surface area contributed by atoms with Crippen LogP contribution in [0, 0.1) is 0 Å². The lowest BCUT2D eigenvalue weighted by Gasteiger charge is -2.20. The summed E-state index contributed by atoms with van der Waals surface area (Å²) in [6.45, 7) is 1.26. The largest absolute Gasteiger partial charge is 0.308 e. The molecule has 0 aliphatic carbocycles. The number of fused-ring (bicyclic) bond motifs is 1. The molecule has 0 bridgehead atoms. The second kappa shape index (κ2) is 10.8. The van der Waals surface area contributed by atoms with Crippen LogP contribution < -0.4 is 9.60 Å². The lowest BCUT2D eigenvalue weighted by molar-refractivity contribution is 0.424. The van der Waals surface area contributed by atoms with Crippen LogP contribution in [0.25, 0.3) is 10.2 Å². The monoisotopic (exact) mass is 591 g/mol. The molecule has 1 aliphatic heterocycles. The number of hydrogen-bond donors (Lipinski definition) is 1. The molecule has 5 rings (SSSR count). The number of nitrogens with zero attached hydrogens (tertiary/aromatic N) is 2. The summed E-state index contributed by atoms with van der Waals surface area (Å²) >= 11 is 7.21. The van der Waals surface area contributed by atoms with Crippen molar-refractivity contribution in [2.75, 3.05) is 17.8 Å². The molecule has 0 spiro atoms. The molecule has 8 nitrogen and oxygen atoms in total. The van der Waals surface area contributed by atoms with Gasteiger partial charge in [-0.3, -0.25) is 14.1 Å². The second-order valence-corrected chi connectivity index (χ2v) is 14.1. The third-order valence-corrected chi connectivity index (χ3v) is 11.1. The quantitative estimate of drug-likeness (QED) is 0.321. The molecule has 1 fully saturated rings. The Bertz CT molecular complexity index is 1740. The third kappa shape index (κ3) is 5.52. The second-order valence-electron chi connectivity index (χ2n) is 9.12. The predicted octanol–water partition coefficient (Wildman–Crippen LogP) is 5.13. The zero-order chi connectivity index (χ0) is 26.9. The molecule has 1 saturated heterocycles. The molecule has 0 amide bonds. The smallest absolute Gasteiger partial charge is 0.294 e. The Balaban J connectivity index is 1.36. The summed E-state index contributed by atoms with van der Waals surface area (Å²) in [5.41, 5.74) is 1.64. The van der Waals surface area contributed by atoms with Gasteiger partial charge in [0.25, 0.3) is 10.0 Å². The number of anilines is 1. The first-order valence-electron chi connectivity index (χ1n) is 12.1. The molecule has 12 heteroatoms. The van der Waals surface area contributed by atoms with E-state index < -0.39 is 20.0 Å². The molecule has 0 saturated carbocycles. The maximum absolute atomic E-state index is 13.1. The Morgan fingerprint density at radius 1 is 0.842 bits per heavy atom. The summed E-state index contributed by atoms with van der Waals surface area (Å²) < 4.78 is 58.3. The van der Waals surface area contributed by atoms with Gasteiger partial charge in [-0.15, -0.1) is 0 Å². The van der Waals surface area contributed by atoms with Crippen molar-refractivity contribution in [2.45, 2.75) is 42.0 Å². The van der Waals surface area contributed by atoms with Gasteiger partial charge in [0.15, 0.2) is 0 Å². The minimum Gasteiger partial charge on any atom is -0.294 e. The number of aromatic nitrogens is 1. The molecule has 0 atom stereocenters. The van der Waals surface area contributed by atoms with E-state index in [1.54, 1.807) is 16.7 Å². The van der Waals surface area contributed by atoms with E-state index in [0.29, 0.717) is 28.3 Å². The van der Waals surface area contributed by atoms with Crippen molar-refractivity contribution in [1.29, 1.82) is 0 Å². The molecule has 1 aromatic heterocycles. The highest BCUT2D eigenvalue weighted by atomic mass is 35.5. The number of sulfonamides is 2. The summed E-state index contributed by atoms with van der Waals surface area (Å²) in [7, 11) is -7.62. The van der Waals surface area contributed by atoms with Crippen LogP contribution in [0.15, 0.2) is 81.3 Å². The fourth-order valence-corrected chi connectivity index (χ4v) is 8.30. The maximum atomic E-state index is 13.1. The number of thiazole rings is 1. The zero-order valence-electron chi connectivity index (χ0n) is 20.3. The minimum absolute atomic E-state index is 0.00240. The van der Waals surface area contributed by atoms with Gasteiger partial charge >= 0.3 is 4.87 Å². The van der Waals surface area contributed by atoms with Gasteiger partial charge in [0.2, 0.25) is 10.0 Å². The Morgan fingerprint density at radius 2 is 1.50 bits per heavy atom. The average Bonchev–Trinajstić information content (AvgIpc) is 3.04. The van der Waals surface area contributed by atoms with Gasteiger partial charge in [0.1, 0.15) is 0 Å². The molecular formula is C26H26ClN3O5S3. The highest BCUT2D eigenvalue weighted by Crippen LogP contribution is 2.27. The van der Waals surface area contributed by atoms with Crippen LogP contribution in [0.3, 0.4) is 0 Å². The Labute approximate surface area is 230 Å². The van der Waals surface area contributed by atoms with Crippen molar-refractivity contribution in [3.8, 4) is 0 Å². The topological polar surface area (TPSA) is 106 Å². The Hall–Kier alpha value is -2.70. The predicted molar refractivity (Wildman–Crippen MR) is 151 cm³/mol. The SMILES string of the molecule is O=c1sc2cc(S(=O)(=O)Nc3ccc(S(=O)(=O)N4CCCCCC4)cc3)ccc2n1Cc1ccccc1Cl. The summed E-state index contributed by atoms with van der Waals surface area (Å²) in [4.78, 5) is 12.6. The van der Waals surface area contributed by atoms with E-state index in [2.05, 4.69) is 4.72 Å². The molecule has 1 aliphatic rings. The molecule has 200 valence electrons. The van der Waals surface area contributed by atoms with Crippen molar-refractivity contribution >= 4 is 58.9 Å². The van der Waals surface area contributed by atoms with Crippen LogP contribution in [0.4, 0.5) is 5.69 Å². The lowest BCUT2D eigenvalue weighted by atomic mass is 10.2. The molecule has 4 aromatic rings. The van der Waals surface area contributed by atoms with Crippen molar-refractivity contribution in [2.24, 2.45) is 0 Å². The number of nitrogens with one attached hydrogen (secondary N) is 1. The van der Waals surface area contributed by atoms with Gasteiger partial charge < -0.3 is 0 Å². The highest BCUT2D eigenvalue weighted by molar-refractivity contribution is 7.92. The van der Waals surface area contributed by atoms with E-state index in [4.69, 9.17) is 11.6 Å². The molecule has 1 N–H and O–H groups in total. The number of hydrogen-bond acceptors (Lipinski definition) is 6. The standard InChI is InChI=1S/C26H26ClN3O5S3/c27-23-8-4-3-7-19(23)18-30-24-14-13-22(17-25(24)36-26(30)31)37(32,33)28-20-9-11-21(12-10-20)38(34,35)29-15-5-1-2-6-16-29/h3-4,7-14,17,28H,1-2,5-6,15-16,18H2. The average molecular weight is 592 g/mol. The highest BCUT2D eigenvalue weighted by Gasteiger charge is 2.25. The van der Waals surface area contributed by atoms with Gasteiger partial charge in [0, 0.05) is 23.8 Å². The zero-order valence-corrected chi connectivity index (χ0v) is 23.5. The van der Waals surface area contributed by atoms with Crippen molar-refractivity contribution in [3.63, 3.8) is 0 Å². The van der Waals surface area contributed by atoms with Crippen LogP contribution in [-0.4, -0.2) is 38.8 Å². The van der Waals surface area contributed by atoms with E-state index in [1.807, 2.05) is 18.2 Å². The lowest BCUT2D eigenvalue weighted by Crippen LogP contribution is -2.31. The van der Waals surface area contributed by atoms with Crippen LogP contribution in [-0.2, 0) is 26.6 Å². The first-order valence-corrected chi connectivity index (χ1v) is 16.3. The van der Waals surface area contributed by atoms with Gasteiger partial charge in [-0.05, 0) is 66.9 Å². The third-order valence-electron chi connectivity index (χ3n) is 6.55. The number of benzene rings is 3. The Morgan fingerprint density at radius 3 is 2.18 bits per heavy atom. The molecular weight excluding hydrogens is 566 g/mol. The molecule has 0 unspecified atom stereocenters. The van der Waals surface area contributed by atoms with E-state index in [9.17, 15) is 21.6 Å². The minimum atomic E-state index is -3.98. The Kier molecular flexibility index (Phi) is 7.65. The van der Waals surface area contributed by atoms with Crippen molar-refractivity contribution < 1.29 is 16.8 Å². The fraction of sp³-hybridized carbons (Fsp3) is 0.269. The summed E-state index contributed by atoms with van der Waals surface area (Å²) in [6, 6.07) is 17.5. The van der Waals surface area contributed by atoms with Crippen LogP contribution >= 0.6 is 22.9 Å². The van der Waals surface area contributed by atoms with Gasteiger partial charge in [-0.2, -0.15) is 4.31 Å². The van der Waals surface area contributed by atoms with E-state index in [-0.39, 0.29) is 26.9 Å². The fourth-order valence-electron chi connectivity index (χ4n) is 4.50. The molecule has 38 heavy (non-hydrogen) atoms. The van der Waals surface area contributed by atoms with Crippen LogP contribution in [0.5, 0.6) is 0 Å². The van der Waals surface area contributed by atoms with E-state index >= 15 is 0 Å². The van der Waals surface area contributed by atoms with Crippen molar-refractivity contribution in [3.05, 3.63) is 87.0 Å².